The summed E-state index contributed by atoms with van der Waals surface area (Å²) in [6.45, 7) is 5.08. The first kappa shape index (κ1) is 8.59. The molecule has 0 saturated carbocycles. The third kappa shape index (κ3) is 1.56. The van der Waals surface area contributed by atoms with Gasteiger partial charge in [0.2, 0.25) is 0 Å². The van der Waals surface area contributed by atoms with Crippen molar-refractivity contribution < 1.29 is 9.52 Å². The highest BCUT2D eigenvalue weighted by molar-refractivity contribution is 5.30. The van der Waals surface area contributed by atoms with Crippen LogP contribution in [0.4, 0.5) is 0 Å². The first-order chi connectivity index (χ1) is 5.65. The molecule has 0 aromatic carbocycles. The third-order valence-electron chi connectivity index (χ3n) is 1.50. The standard InChI is InChI=1S/C9H10O3/c1-3-4-7-8(10)5-6(2)12-9(7)11/h3,5,10H,1,4H2,2H3. The summed E-state index contributed by atoms with van der Waals surface area (Å²) in [4.78, 5) is 11.1. The Morgan fingerprint density at radius 3 is 2.92 bits per heavy atom. The van der Waals surface area contributed by atoms with E-state index >= 15 is 0 Å². The average molecular weight is 166 g/mol. The average Bonchev–Trinajstić information content (AvgIpc) is 1.96. The first-order valence-corrected chi connectivity index (χ1v) is 3.58. The summed E-state index contributed by atoms with van der Waals surface area (Å²) >= 11 is 0. The first-order valence-electron chi connectivity index (χ1n) is 3.58. The van der Waals surface area contributed by atoms with Crippen molar-refractivity contribution in [3.8, 4) is 5.75 Å². The monoisotopic (exact) mass is 166 g/mol. The van der Waals surface area contributed by atoms with E-state index in [2.05, 4.69) is 6.58 Å². The van der Waals surface area contributed by atoms with E-state index in [0.717, 1.165) is 0 Å². The zero-order chi connectivity index (χ0) is 9.14. The van der Waals surface area contributed by atoms with E-state index < -0.39 is 5.63 Å². The van der Waals surface area contributed by atoms with Crippen LogP contribution in [0.15, 0.2) is 27.9 Å². The van der Waals surface area contributed by atoms with Crippen LogP contribution >= 0.6 is 0 Å². The molecule has 12 heavy (non-hydrogen) atoms. The van der Waals surface area contributed by atoms with Gasteiger partial charge in [-0.1, -0.05) is 6.08 Å². The van der Waals surface area contributed by atoms with Crippen molar-refractivity contribution in [3.63, 3.8) is 0 Å². The molecule has 0 amide bonds. The Morgan fingerprint density at radius 1 is 1.75 bits per heavy atom. The highest BCUT2D eigenvalue weighted by Crippen LogP contribution is 2.14. The maximum atomic E-state index is 11.1. The lowest BCUT2D eigenvalue weighted by atomic mass is 10.2. The number of hydrogen-bond acceptors (Lipinski definition) is 3. The van der Waals surface area contributed by atoms with Gasteiger partial charge in [-0.15, -0.1) is 6.58 Å². The molecule has 0 saturated heterocycles. The van der Waals surface area contributed by atoms with Crippen molar-refractivity contribution in [2.24, 2.45) is 0 Å². The third-order valence-corrected chi connectivity index (χ3v) is 1.50. The van der Waals surface area contributed by atoms with E-state index in [4.69, 9.17) is 4.42 Å². The number of aromatic hydroxyl groups is 1. The molecule has 0 atom stereocenters. The van der Waals surface area contributed by atoms with Gasteiger partial charge in [0.15, 0.2) is 0 Å². The maximum Gasteiger partial charge on any atom is 0.343 e. The molecule has 0 aliphatic heterocycles. The van der Waals surface area contributed by atoms with E-state index in [-0.39, 0.29) is 11.3 Å². The molecule has 0 radical (unpaired) electrons. The summed E-state index contributed by atoms with van der Waals surface area (Å²) in [5, 5.41) is 9.30. The minimum absolute atomic E-state index is 0.0244. The van der Waals surface area contributed by atoms with Gasteiger partial charge >= 0.3 is 5.63 Å². The Balaban J connectivity index is 3.28. The molecule has 1 aromatic rings. The molecule has 0 fully saturated rings. The van der Waals surface area contributed by atoms with Gasteiger partial charge in [0.05, 0.1) is 5.56 Å². The highest BCUT2D eigenvalue weighted by atomic mass is 16.4. The Bertz CT molecular complexity index is 349. The lowest BCUT2D eigenvalue weighted by Crippen LogP contribution is -2.06. The Hall–Kier alpha value is -1.51. The number of aryl methyl sites for hydroxylation is 1. The second-order valence-corrected chi connectivity index (χ2v) is 2.50. The summed E-state index contributed by atoms with van der Waals surface area (Å²) in [6.07, 6.45) is 1.87. The summed E-state index contributed by atoms with van der Waals surface area (Å²) in [5.74, 6) is 0.383. The largest absolute Gasteiger partial charge is 0.507 e. The zero-order valence-electron chi connectivity index (χ0n) is 6.83. The van der Waals surface area contributed by atoms with Crippen molar-refractivity contribution in [2.75, 3.05) is 0 Å². The van der Waals surface area contributed by atoms with Crippen LogP contribution in [0.2, 0.25) is 0 Å². The molecule has 0 bridgehead atoms. The fraction of sp³-hybridized carbons (Fsp3) is 0.222. The predicted octanol–water partition coefficient (Wildman–Crippen LogP) is 1.38. The van der Waals surface area contributed by atoms with Crippen LogP contribution in [0.1, 0.15) is 11.3 Å². The van der Waals surface area contributed by atoms with E-state index in [1.807, 2.05) is 0 Å². The van der Waals surface area contributed by atoms with E-state index in [1.54, 1.807) is 13.0 Å². The van der Waals surface area contributed by atoms with Crippen LogP contribution in [-0.4, -0.2) is 5.11 Å². The molecule has 3 heteroatoms. The van der Waals surface area contributed by atoms with Gasteiger partial charge < -0.3 is 9.52 Å². The fourth-order valence-corrected chi connectivity index (χ4v) is 0.954. The van der Waals surface area contributed by atoms with Crippen LogP contribution in [0.5, 0.6) is 5.75 Å². The van der Waals surface area contributed by atoms with Gasteiger partial charge in [0.1, 0.15) is 11.5 Å². The molecule has 1 heterocycles. The molecule has 0 aliphatic rings. The smallest absolute Gasteiger partial charge is 0.343 e. The topological polar surface area (TPSA) is 50.4 Å². The van der Waals surface area contributed by atoms with Gasteiger partial charge in [-0.2, -0.15) is 0 Å². The summed E-state index contributed by atoms with van der Waals surface area (Å²) in [6, 6.07) is 1.42. The van der Waals surface area contributed by atoms with Gasteiger partial charge in [-0.3, -0.25) is 0 Å². The quantitative estimate of drug-likeness (QED) is 0.675. The van der Waals surface area contributed by atoms with Crippen LogP contribution in [0.3, 0.4) is 0 Å². The molecular weight excluding hydrogens is 156 g/mol. The fourth-order valence-electron chi connectivity index (χ4n) is 0.954. The Labute approximate surface area is 70.0 Å². The Morgan fingerprint density at radius 2 is 2.42 bits per heavy atom. The molecule has 1 N–H and O–H groups in total. The van der Waals surface area contributed by atoms with Gasteiger partial charge in [-0.25, -0.2) is 4.79 Å². The minimum atomic E-state index is -0.493. The van der Waals surface area contributed by atoms with Crippen molar-refractivity contribution in [2.45, 2.75) is 13.3 Å². The van der Waals surface area contributed by atoms with Gasteiger partial charge in [0, 0.05) is 12.5 Å². The highest BCUT2D eigenvalue weighted by Gasteiger charge is 2.06. The number of rotatable bonds is 2. The summed E-state index contributed by atoms with van der Waals surface area (Å²) in [5.41, 5.74) is -0.233. The molecule has 3 nitrogen and oxygen atoms in total. The second-order valence-electron chi connectivity index (χ2n) is 2.50. The number of hydrogen-bond donors (Lipinski definition) is 1. The van der Waals surface area contributed by atoms with Crippen LogP contribution in [0, 0.1) is 6.92 Å². The lowest BCUT2D eigenvalue weighted by Gasteiger charge is -1.99. The van der Waals surface area contributed by atoms with Gasteiger partial charge in [-0.05, 0) is 6.92 Å². The lowest BCUT2D eigenvalue weighted by molar-refractivity contribution is 0.425. The minimum Gasteiger partial charge on any atom is -0.507 e. The molecule has 1 rings (SSSR count). The SMILES string of the molecule is C=CCc1c(O)cc(C)oc1=O. The van der Waals surface area contributed by atoms with E-state index in [0.29, 0.717) is 12.2 Å². The van der Waals surface area contributed by atoms with Crippen LogP contribution < -0.4 is 5.63 Å². The molecular formula is C9H10O3. The second kappa shape index (κ2) is 3.26. The molecule has 0 aliphatic carbocycles. The maximum absolute atomic E-state index is 11.1. The van der Waals surface area contributed by atoms with Gasteiger partial charge in [0.25, 0.3) is 0 Å². The predicted molar refractivity (Wildman–Crippen MR) is 45.3 cm³/mol. The van der Waals surface area contributed by atoms with Crippen LogP contribution in [-0.2, 0) is 6.42 Å². The molecule has 64 valence electrons. The number of allylic oxidation sites excluding steroid dienone is 1. The van der Waals surface area contributed by atoms with Crippen molar-refractivity contribution in [3.05, 3.63) is 40.5 Å². The summed E-state index contributed by atoms with van der Waals surface area (Å²) in [7, 11) is 0. The van der Waals surface area contributed by atoms with E-state index in [1.165, 1.54) is 6.07 Å². The van der Waals surface area contributed by atoms with Crippen molar-refractivity contribution >= 4 is 0 Å². The molecule has 0 unspecified atom stereocenters. The van der Waals surface area contributed by atoms with Crippen LogP contribution in [0.25, 0.3) is 0 Å². The molecule has 0 spiro atoms. The zero-order valence-corrected chi connectivity index (χ0v) is 6.83. The Kier molecular flexibility index (Phi) is 2.33. The summed E-state index contributed by atoms with van der Waals surface area (Å²) < 4.78 is 4.78. The normalized spacial score (nSPS) is 9.75. The van der Waals surface area contributed by atoms with Crippen molar-refractivity contribution in [1.82, 2.24) is 0 Å². The molecule has 1 aromatic heterocycles. The van der Waals surface area contributed by atoms with E-state index in [9.17, 15) is 9.90 Å². The van der Waals surface area contributed by atoms with Crippen molar-refractivity contribution in [1.29, 1.82) is 0 Å².